The number of nitriles is 1. The van der Waals surface area contributed by atoms with Gasteiger partial charge in [0.1, 0.15) is 24.9 Å². The number of hydrogen-bond acceptors (Lipinski definition) is 5. The van der Waals surface area contributed by atoms with E-state index in [1.54, 1.807) is 0 Å². The summed E-state index contributed by atoms with van der Waals surface area (Å²) in [7, 11) is 0. The van der Waals surface area contributed by atoms with Crippen molar-refractivity contribution >= 4 is 12.0 Å². The molecule has 2 aliphatic rings. The average molecular weight is 301 g/mol. The second kappa shape index (κ2) is 6.03. The molecule has 2 fully saturated rings. The molecular formula is C15H15N3O4. The summed E-state index contributed by atoms with van der Waals surface area (Å²) in [5.41, 5.74) is 0.865. The zero-order valence-electron chi connectivity index (χ0n) is 11.8. The first-order chi connectivity index (χ1) is 10.7. The monoisotopic (exact) mass is 301 g/mol. The lowest BCUT2D eigenvalue weighted by Gasteiger charge is -2.16. The van der Waals surface area contributed by atoms with Gasteiger partial charge in [0.2, 0.25) is 5.91 Å². The smallest absolute Gasteiger partial charge is 0.408 e. The van der Waals surface area contributed by atoms with Crippen molar-refractivity contribution in [3.8, 4) is 6.07 Å². The summed E-state index contributed by atoms with van der Waals surface area (Å²) in [6.07, 6.45) is -0.759. The number of rotatable bonds is 3. The minimum absolute atomic E-state index is 0.137. The van der Waals surface area contributed by atoms with E-state index >= 15 is 0 Å². The number of carbonyl (C=O) groups is 2. The topological polar surface area (TPSA) is 91.7 Å². The first-order valence-electron chi connectivity index (χ1n) is 6.99. The second-order valence-electron chi connectivity index (χ2n) is 5.17. The quantitative estimate of drug-likeness (QED) is 0.890. The van der Waals surface area contributed by atoms with Crippen molar-refractivity contribution in [1.82, 2.24) is 10.2 Å². The molecule has 0 aliphatic carbocycles. The molecule has 1 aromatic rings. The third kappa shape index (κ3) is 2.73. The van der Waals surface area contributed by atoms with Gasteiger partial charge in [0.15, 0.2) is 0 Å². The Morgan fingerprint density at radius 1 is 1.45 bits per heavy atom. The van der Waals surface area contributed by atoms with Gasteiger partial charge in [-0.3, -0.25) is 9.69 Å². The van der Waals surface area contributed by atoms with Crippen molar-refractivity contribution in [2.75, 3.05) is 6.61 Å². The van der Waals surface area contributed by atoms with Crippen molar-refractivity contribution < 1.29 is 19.1 Å². The van der Waals surface area contributed by atoms with E-state index in [-0.39, 0.29) is 19.1 Å². The van der Waals surface area contributed by atoms with E-state index in [1.807, 2.05) is 36.4 Å². The number of carbonyl (C=O) groups excluding carboxylic acids is 2. The van der Waals surface area contributed by atoms with Crippen LogP contribution in [0, 0.1) is 11.3 Å². The van der Waals surface area contributed by atoms with Crippen LogP contribution in [-0.4, -0.2) is 41.8 Å². The summed E-state index contributed by atoms with van der Waals surface area (Å²) in [5, 5.41) is 11.5. The summed E-state index contributed by atoms with van der Waals surface area (Å²) < 4.78 is 10.5. The second-order valence-corrected chi connectivity index (χ2v) is 5.17. The van der Waals surface area contributed by atoms with Crippen LogP contribution in [-0.2, 0) is 20.9 Å². The van der Waals surface area contributed by atoms with Gasteiger partial charge < -0.3 is 14.8 Å². The number of alkyl carbamates (subject to hydrolysis) is 1. The molecule has 0 bridgehead atoms. The lowest BCUT2D eigenvalue weighted by atomic mass is 10.2. The molecule has 3 atom stereocenters. The van der Waals surface area contributed by atoms with Crippen LogP contribution in [0.2, 0.25) is 0 Å². The third-order valence-electron chi connectivity index (χ3n) is 3.74. The van der Waals surface area contributed by atoms with Crippen LogP contribution in [0.4, 0.5) is 4.79 Å². The molecule has 0 radical (unpaired) electrons. The molecule has 2 saturated heterocycles. The Balaban J connectivity index is 1.53. The van der Waals surface area contributed by atoms with Crippen LogP contribution < -0.4 is 5.32 Å². The fourth-order valence-electron chi connectivity index (χ4n) is 2.65. The number of hydrogen-bond donors (Lipinski definition) is 1. The molecule has 0 spiro atoms. The van der Waals surface area contributed by atoms with Gasteiger partial charge in [-0.2, -0.15) is 5.26 Å². The Hall–Kier alpha value is -2.59. The molecule has 114 valence electrons. The molecule has 0 saturated carbocycles. The lowest BCUT2D eigenvalue weighted by Crippen LogP contribution is -2.44. The van der Waals surface area contributed by atoms with Crippen LogP contribution in [0.25, 0.3) is 0 Å². The SMILES string of the molecule is N#C[C@@H]1CO[C@H]2CC(NC(=O)OCc3ccccc3)C(=O)N12. The Morgan fingerprint density at radius 2 is 2.23 bits per heavy atom. The van der Waals surface area contributed by atoms with Crippen LogP contribution in [0.5, 0.6) is 0 Å². The van der Waals surface area contributed by atoms with E-state index in [9.17, 15) is 9.59 Å². The minimum Gasteiger partial charge on any atom is -0.445 e. The molecular weight excluding hydrogens is 286 g/mol. The number of benzene rings is 1. The molecule has 3 rings (SSSR count). The molecule has 1 unspecified atom stereocenters. The Labute approximate surface area is 127 Å². The number of fused-ring (bicyclic) bond motifs is 1. The van der Waals surface area contributed by atoms with Gasteiger partial charge in [0.25, 0.3) is 0 Å². The van der Waals surface area contributed by atoms with E-state index in [1.165, 1.54) is 4.90 Å². The molecule has 2 amide bonds. The molecule has 7 nitrogen and oxygen atoms in total. The predicted octanol–water partition coefficient (Wildman–Crippen LogP) is 0.762. The molecule has 1 aromatic carbocycles. The number of amides is 2. The maximum Gasteiger partial charge on any atom is 0.408 e. The van der Waals surface area contributed by atoms with Crippen molar-refractivity contribution in [3.05, 3.63) is 35.9 Å². The molecule has 22 heavy (non-hydrogen) atoms. The van der Waals surface area contributed by atoms with Crippen LogP contribution >= 0.6 is 0 Å². The Morgan fingerprint density at radius 3 is 2.95 bits per heavy atom. The van der Waals surface area contributed by atoms with Crippen molar-refractivity contribution in [1.29, 1.82) is 5.26 Å². The van der Waals surface area contributed by atoms with Crippen molar-refractivity contribution in [2.24, 2.45) is 0 Å². The highest BCUT2D eigenvalue weighted by Gasteiger charge is 2.48. The zero-order valence-corrected chi connectivity index (χ0v) is 11.8. The fourth-order valence-corrected chi connectivity index (χ4v) is 2.65. The van der Waals surface area contributed by atoms with Crippen LogP contribution in [0.15, 0.2) is 30.3 Å². The zero-order chi connectivity index (χ0) is 15.5. The third-order valence-corrected chi connectivity index (χ3v) is 3.74. The minimum atomic E-state index is -0.704. The summed E-state index contributed by atoms with van der Waals surface area (Å²) in [4.78, 5) is 25.4. The highest BCUT2D eigenvalue weighted by molar-refractivity contribution is 5.88. The van der Waals surface area contributed by atoms with Gasteiger partial charge in [-0.15, -0.1) is 0 Å². The maximum atomic E-state index is 12.2. The molecule has 7 heteroatoms. The average Bonchev–Trinajstić information content (AvgIpc) is 3.07. The van der Waals surface area contributed by atoms with Gasteiger partial charge in [-0.1, -0.05) is 30.3 Å². The number of nitrogens with zero attached hydrogens (tertiary/aromatic N) is 2. The van der Waals surface area contributed by atoms with E-state index in [0.29, 0.717) is 6.42 Å². The van der Waals surface area contributed by atoms with Gasteiger partial charge in [0.05, 0.1) is 12.7 Å². The van der Waals surface area contributed by atoms with Crippen LogP contribution in [0.1, 0.15) is 12.0 Å². The molecule has 2 aliphatic heterocycles. The van der Waals surface area contributed by atoms with Gasteiger partial charge in [0, 0.05) is 6.42 Å². The van der Waals surface area contributed by atoms with E-state index in [0.717, 1.165) is 5.56 Å². The maximum absolute atomic E-state index is 12.2. The van der Waals surface area contributed by atoms with E-state index in [4.69, 9.17) is 14.7 Å². The highest BCUT2D eigenvalue weighted by Crippen LogP contribution is 2.28. The summed E-state index contributed by atoms with van der Waals surface area (Å²) in [6, 6.07) is 10.0. The van der Waals surface area contributed by atoms with Gasteiger partial charge in [-0.25, -0.2) is 4.79 Å². The first kappa shape index (κ1) is 14.4. The van der Waals surface area contributed by atoms with Gasteiger partial charge >= 0.3 is 6.09 Å². The van der Waals surface area contributed by atoms with Crippen LogP contribution in [0.3, 0.4) is 0 Å². The summed E-state index contributed by atoms with van der Waals surface area (Å²) >= 11 is 0. The van der Waals surface area contributed by atoms with Crippen molar-refractivity contribution in [3.63, 3.8) is 0 Å². The predicted molar refractivity (Wildman–Crippen MR) is 74.2 cm³/mol. The normalized spacial score (nSPS) is 26.4. The summed E-state index contributed by atoms with van der Waals surface area (Å²) in [5.74, 6) is -0.300. The number of nitrogens with one attached hydrogen (secondary N) is 1. The highest BCUT2D eigenvalue weighted by atomic mass is 16.5. The van der Waals surface area contributed by atoms with E-state index < -0.39 is 24.4 Å². The Kier molecular flexibility index (Phi) is 3.94. The standard InChI is InChI=1S/C15H15N3O4/c16-7-11-9-21-13-6-12(14(19)18(11)13)17-15(20)22-8-10-4-2-1-3-5-10/h1-5,11-13H,6,8-9H2,(H,17,20)/t11-,12?,13+/m1/s1. The van der Waals surface area contributed by atoms with E-state index in [2.05, 4.69) is 5.32 Å². The Bertz CT molecular complexity index is 613. The first-order valence-corrected chi connectivity index (χ1v) is 6.99. The number of ether oxygens (including phenoxy) is 2. The fraction of sp³-hybridized carbons (Fsp3) is 0.400. The molecule has 2 heterocycles. The molecule has 0 aromatic heterocycles. The lowest BCUT2D eigenvalue weighted by molar-refractivity contribution is -0.131. The van der Waals surface area contributed by atoms with Gasteiger partial charge in [-0.05, 0) is 5.56 Å². The summed E-state index contributed by atoms with van der Waals surface area (Å²) in [6.45, 7) is 0.357. The molecule has 1 N–H and O–H groups in total. The van der Waals surface area contributed by atoms with Crippen molar-refractivity contribution in [2.45, 2.75) is 31.3 Å². The largest absolute Gasteiger partial charge is 0.445 e.